The minimum atomic E-state index is -0.781. The summed E-state index contributed by atoms with van der Waals surface area (Å²) >= 11 is 0. The summed E-state index contributed by atoms with van der Waals surface area (Å²) in [7, 11) is 0. The van der Waals surface area contributed by atoms with Crippen molar-refractivity contribution in [1.29, 1.82) is 0 Å². The highest BCUT2D eigenvalue weighted by Crippen LogP contribution is 2.16. The number of hydrogen-bond donors (Lipinski definition) is 0. The minimum absolute atomic E-state index is 0.0795. The van der Waals surface area contributed by atoms with Gasteiger partial charge in [-0.2, -0.15) is 0 Å². The molecule has 0 spiro atoms. The van der Waals surface area contributed by atoms with E-state index >= 15 is 0 Å². The molecule has 0 aliphatic rings. The number of unbranched alkanes of at least 4 members (excludes halogenated alkanes) is 30. The second kappa shape index (κ2) is 52.0. The van der Waals surface area contributed by atoms with Crippen LogP contribution in [0.3, 0.4) is 0 Å². The third kappa shape index (κ3) is 50.2. The Morgan fingerprint density at radius 3 is 0.921 bits per heavy atom. The molecule has 0 heterocycles. The second-order valence-corrected chi connectivity index (χ2v) is 18.2. The van der Waals surface area contributed by atoms with Crippen molar-refractivity contribution >= 4 is 17.9 Å². The van der Waals surface area contributed by atoms with Crippen LogP contribution < -0.4 is 0 Å². The van der Waals surface area contributed by atoms with Crippen LogP contribution in [0.25, 0.3) is 0 Å². The van der Waals surface area contributed by atoms with E-state index in [1.165, 1.54) is 154 Å². The first kappa shape index (κ1) is 60.4. The monoisotopic (exact) mass is 883 g/mol. The number of ether oxygens (including phenoxy) is 3. The summed E-state index contributed by atoms with van der Waals surface area (Å²) < 4.78 is 16.8. The van der Waals surface area contributed by atoms with E-state index in [1.807, 2.05) is 0 Å². The molecule has 0 bridgehead atoms. The summed E-state index contributed by atoms with van der Waals surface area (Å²) in [6, 6.07) is 0. The third-order valence-corrected chi connectivity index (χ3v) is 11.8. The normalized spacial score (nSPS) is 12.4. The fraction of sp³-hybridized carbons (Fsp3) is 0.807. The van der Waals surface area contributed by atoms with Gasteiger partial charge in [0.15, 0.2) is 6.10 Å². The van der Waals surface area contributed by atoms with Crippen LogP contribution in [0.2, 0.25) is 0 Å². The van der Waals surface area contributed by atoms with Crippen LogP contribution in [-0.4, -0.2) is 37.2 Å². The van der Waals surface area contributed by atoms with Gasteiger partial charge in [-0.05, 0) is 64.2 Å². The molecule has 6 nitrogen and oxygen atoms in total. The maximum Gasteiger partial charge on any atom is 0.306 e. The van der Waals surface area contributed by atoms with Crippen LogP contribution >= 0.6 is 0 Å². The Bertz CT molecular complexity index is 1110. The Kier molecular flexibility index (Phi) is 49.8. The van der Waals surface area contributed by atoms with Crippen LogP contribution in [0.1, 0.15) is 278 Å². The minimum Gasteiger partial charge on any atom is -0.462 e. The molecular weight excluding hydrogens is 781 g/mol. The van der Waals surface area contributed by atoms with Gasteiger partial charge in [0, 0.05) is 19.3 Å². The molecule has 0 fully saturated rings. The van der Waals surface area contributed by atoms with E-state index < -0.39 is 6.10 Å². The Morgan fingerprint density at radius 2 is 0.571 bits per heavy atom. The van der Waals surface area contributed by atoms with Gasteiger partial charge in [-0.15, -0.1) is 0 Å². The van der Waals surface area contributed by atoms with Crippen LogP contribution in [0, 0.1) is 0 Å². The number of esters is 3. The molecule has 0 aliphatic carbocycles. The molecule has 0 aliphatic heterocycles. The Hall–Kier alpha value is -2.63. The van der Waals surface area contributed by atoms with Gasteiger partial charge in [0.05, 0.1) is 0 Å². The first-order chi connectivity index (χ1) is 31.0. The molecular formula is C57H102O6. The van der Waals surface area contributed by atoms with Crippen LogP contribution in [0.15, 0.2) is 48.6 Å². The Labute approximate surface area is 390 Å². The third-order valence-electron chi connectivity index (χ3n) is 11.8. The maximum absolute atomic E-state index is 12.8. The van der Waals surface area contributed by atoms with Gasteiger partial charge in [0.25, 0.3) is 0 Å². The van der Waals surface area contributed by atoms with Crippen LogP contribution in [0.5, 0.6) is 0 Å². The van der Waals surface area contributed by atoms with Crippen molar-refractivity contribution in [2.45, 2.75) is 284 Å². The predicted octanol–water partition coefficient (Wildman–Crippen LogP) is 17.9. The maximum atomic E-state index is 12.8. The average Bonchev–Trinajstić information content (AvgIpc) is 3.28. The van der Waals surface area contributed by atoms with E-state index in [1.54, 1.807) is 0 Å². The molecule has 1 atom stereocenters. The summed E-state index contributed by atoms with van der Waals surface area (Å²) in [5, 5.41) is 0. The first-order valence-electron chi connectivity index (χ1n) is 27.1. The van der Waals surface area contributed by atoms with Gasteiger partial charge >= 0.3 is 17.9 Å². The number of carbonyl (C=O) groups excluding carboxylic acids is 3. The number of rotatable bonds is 49. The number of hydrogen-bond acceptors (Lipinski definition) is 6. The lowest BCUT2D eigenvalue weighted by Crippen LogP contribution is -2.30. The summed E-state index contributed by atoms with van der Waals surface area (Å²) in [5.74, 6) is -0.901. The highest BCUT2D eigenvalue weighted by atomic mass is 16.6. The van der Waals surface area contributed by atoms with Crippen molar-refractivity contribution in [1.82, 2.24) is 0 Å². The molecule has 0 rings (SSSR count). The van der Waals surface area contributed by atoms with E-state index in [0.717, 1.165) is 83.5 Å². The topological polar surface area (TPSA) is 78.9 Å². The molecule has 0 aromatic heterocycles. The number of carbonyl (C=O) groups is 3. The smallest absolute Gasteiger partial charge is 0.306 e. The van der Waals surface area contributed by atoms with Gasteiger partial charge in [-0.25, -0.2) is 0 Å². The quantitative estimate of drug-likeness (QED) is 0.0262. The zero-order valence-corrected chi connectivity index (χ0v) is 41.8. The van der Waals surface area contributed by atoms with E-state index in [-0.39, 0.29) is 31.1 Å². The summed E-state index contributed by atoms with van der Waals surface area (Å²) in [6.45, 7) is 6.60. The summed E-state index contributed by atoms with van der Waals surface area (Å²) in [4.78, 5) is 38.0. The highest BCUT2D eigenvalue weighted by molar-refractivity contribution is 5.71. The van der Waals surface area contributed by atoms with Crippen molar-refractivity contribution in [3.63, 3.8) is 0 Å². The van der Waals surface area contributed by atoms with E-state index in [4.69, 9.17) is 14.2 Å². The van der Waals surface area contributed by atoms with Crippen molar-refractivity contribution in [3.05, 3.63) is 48.6 Å². The van der Waals surface area contributed by atoms with Gasteiger partial charge in [-0.1, -0.05) is 243 Å². The number of allylic oxidation sites excluding steroid dienone is 8. The van der Waals surface area contributed by atoms with Crippen molar-refractivity contribution < 1.29 is 28.6 Å². The first-order valence-corrected chi connectivity index (χ1v) is 27.1. The van der Waals surface area contributed by atoms with Crippen molar-refractivity contribution in [2.24, 2.45) is 0 Å². The second-order valence-electron chi connectivity index (χ2n) is 18.2. The van der Waals surface area contributed by atoms with Crippen molar-refractivity contribution in [3.8, 4) is 0 Å². The van der Waals surface area contributed by atoms with Crippen LogP contribution in [-0.2, 0) is 28.6 Å². The lowest BCUT2D eigenvalue weighted by atomic mass is 10.0. The molecule has 0 unspecified atom stereocenters. The summed E-state index contributed by atoms with van der Waals surface area (Å²) in [5.41, 5.74) is 0. The SMILES string of the molecule is CCCCC/C=C\C/C=C\C/C=C\C/C=C\CCCCCC(=O)OC[C@@H](COC(=O)CCCCCCCCCCCCC)OC(=O)CCCCCCCCCCCCCCCCC. The molecule has 366 valence electrons. The van der Waals surface area contributed by atoms with E-state index in [2.05, 4.69) is 69.4 Å². The average molecular weight is 883 g/mol. The molecule has 0 saturated heterocycles. The van der Waals surface area contributed by atoms with E-state index in [0.29, 0.717) is 19.3 Å². The summed E-state index contributed by atoms with van der Waals surface area (Å²) in [6.07, 6.45) is 62.3. The Morgan fingerprint density at radius 1 is 0.317 bits per heavy atom. The fourth-order valence-corrected chi connectivity index (χ4v) is 7.72. The lowest BCUT2D eigenvalue weighted by molar-refractivity contribution is -0.167. The standard InChI is InChI=1S/C57H102O6/c1-4-7-10-13-16-19-22-24-26-27-28-29-31-32-35-38-41-44-47-50-56(59)62-53-54(52-61-55(58)49-46-43-40-37-34-21-18-15-12-9-6-3)63-57(60)51-48-45-42-39-36-33-30-25-23-20-17-14-11-8-5-2/h16,19,24,26,28-29,32,35,54H,4-15,17-18,20-23,25,27,30-31,33-34,36-53H2,1-3H3/b19-16-,26-24-,29-28-,35-32-/t54-/m1/s1. The molecule has 0 radical (unpaired) electrons. The molecule has 0 saturated carbocycles. The molecule has 0 aromatic carbocycles. The molecule has 0 amide bonds. The molecule has 0 aromatic rings. The van der Waals surface area contributed by atoms with Crippen LogP contribution in [0.4, 0.5) is 0 Å². The van der Waals surface area contributed by atoms with Gasteiger partial charge in [0.2, 0.25) is 0 Å². The van der Waals surface area contributed by atoms with Crippen molar-refractivity contribution in [2.75, 3.05) is 13.2 Å². The fourth-order valence-electron chi connectivity index (χ4n) is 7.72. The predicted molar refractivity (Wildman–Crippen MR) is 270 cm³/mol. The van der Waals surface area contributed by atoms with Gasteiger partial charge in [-0.3, -0.25) is 14.4 Å². The molecule has 0 N–H and O–H groups in total. The zero-order chi connectivity index (χ0) is 45.8. The van der Waals surface area contributed by atoms with Gasteiger partial charge in [0.1, 0.15) is 13.2 Å². The highest BCUT2D eigenvalue weighted by Gasteiger charge is 2.19. The van der Waals surface area contributed by atoms with Gasteiger partial charge < -0.3 is 14.2 Å². The molecule has 63 heavy (non-hydrogen) atoms. The zero-order valence-electron chi connectivity index (χ0n) is 41.8. The van der Waals surface area contributed by atoms with E-state index in [9.17, 15) is 14.4 Å². The largest absolute Gasteiger partial charge is 0.462 e. The Balaban J connectivity index is 4.38. The molecule has 6 heteroatoms. The lowest BCUT2D eigenvalue weighted by Gasteiger charge is -2.18.